The Morgan fingerprint density at radius 1 is 1.40 bits per heavy atom. The van der Waals surface area contributed by atoms with Crippen LogP contribution in [0.2, 0.25) is 0 Å². The van der Waals surface area contributed by atoms with E-state index in [4.69, 9.17) is 4.74 Å². The minimum Gasteiger partial charge on any atom is -0.486 e. The van der Waals surface area contributed by atoms with Crippen molar-refractivity contribution in [2.24, 2.45) is 0 Å². The first-order valence-corrected chi connectivity index (χ1v) is 7.55. The van der Waals surface area contributed by atoms with Crippen LogP contribution in [-0.2, 0) is 13.0 Å². The third-order valence-corrected chi connectivity index (χ3v) is 3.61. The topological polar surface area (TPSA) is 51.2 Å². The maximum Gasteiger partial charge on any atom is 0.270 e. The van der Waals surface area contributed by atoms with Gasteiger partial charge in [0.25, 0.3) is 5.91 Å². The van der Waals surface area contributed by atoms with Gasteiger partial charge >= 0.3 is 0 Å². The van der Waals surface area contributed by atoms with E-state index in [0.29, 0.717) is 18.8 Å². The molecule has 1 N–H and O–H groups in total. The number of ether oxygens (including phenoxy) is 1. The van der Waals surface area contributed by atoms with Crippen molar-refractivity contribution in [3.05, 3.63) is 45.9 Å². The molecule has 106 valence electrons. The van der Waals surface area contributed by atoms with Crippen LogP contribution >= 0.6 is 11.3 Å². The molecule has 1 amide bonds. The Bertz CT molecular complexity index is 581. The van der Waals surface area contributed by atoms with Crippen molar-refractivity contribution in [2.45, 2.75) is 26.9 Å². The second-order valence-electron chi connectivity index (χ2n) is 4.28. The van der Waals surface area contributed by atoms with E-state index in [1.54, 1.807) is 5.38 Å². The van der Waals surface area contributed by atoms with Gasteiger partial charge in [0, 0.05) is 11.9 Å². The predicted molar refractivity (Wildman–Crippen MR) is 80.3 cm³/mol. The van der Waals surface area contributed by atoms with E-state index in [1.165, 1.54) is 16.9 Å². The minimum absolute atomic E-state index is 0.136. The molecule has 0 spiro atoms. The Hall–Kier alpha value is -1.88. The first kappa shape index (κ1) is 14.5. The van der Waals surface area contributed by atoms with E-state index in [1.807, 2.05) is 25.1 Å². The SMILES string of the molecule is CCNC(=O)c1csc(COc2cccc(CC)c2)n1. The first-order valence-electron chi connectivity index (χ1n) is 6.67. The molecule has 0 bridgehead atoms. The van der Waals surface area contributed by atoms with Crippen LogP contribution in [0.25, 0.3) is 0 Å². The van der Waals surface area contributed by atoms with Crippen molar-refractivity contribution in [2.75, 3.05) is 6.54 Å². The lowest BCUT2D eigenvalue weighted by atomic mass is 10.2. The lowest BCUT2D eigenvalue weighted by Gasteiger charge is -2.05. The number of nitrogens with one attached hydrogen (secondary N) is 1. The fourth-order valence-corrected chi connectivity index (χ4v) is 2.42. The summed E-state index contributed by atoms with van der Waals surface area (Å²) in [5, 5.41) is 5.28. The van der Waals surface area contributed by atoms with Gasteiger partial charge in [0.1, 0.15) is 23.1 Å². The van der Waals surface area contributed by atoms with Gasteiger partial charge in [-0.1, -0.05) is 19.1 Å². The van der Waals surface area contributed by atoms with E-state index < -0.39 is 0 Å². The van der Waals surface area contributed by atoms with Gasteiger partial charge in [-0.05, 0) is 31.0 Å². The summed E-state index contributed by atoms with van der Waals surface area (Å²) in [4.78, 5) is 15.9. The van der Waals surface area contributed by atoms with Crippen molar-refractivity contribution >= 4 is 17.2 Å². The van der Waals surface area contributed by atoms with Gasteiger partial charge in [0.05, 0.1) is 0 Å². The Labute approximate surface area is 122 Å². The molecule has 0 aliphatic carbocycles. The van der Waals surface area contributed by atoms with Crippen molar-refractivity contribution in [3.8, 4) is 5.75 Å². The molecule has 0 aliphatic rings. The van der Waals surface area contributed by atoms with Crippen LogP contribution in [0.4, 0.5) is 0 Å². The fourth-order valence-electron chi connectivity index (χ4n) is 1.73. The number of carbonyl (C=O) groups is 1. The van der Waals surface area contributed by atoms with Crippen LogP contribution in [0.15, 0.2) is 29.6 Å². The van der Waals surface area contributed by atoms with E-state index in [-0.39, 0.29) is 5.91 Å². The molecule has 2 aromatic rings. The minimum atomic E-state index is -0.136. The number of amides is 1. The molecule has 20 heavy (non-hydrogen) atoms. The van der Waals surface area contributed by atoms with Crippen LogP contribution in [0.1, 0.15) is 34.9 Å². The molecule has 0 aliphatic heterocycles. The lowest BCUT2D eigenvalue weighted by molar-refractivity contribution is 0.0951. The van der Waals surface area contributed by atoms with Crippen LogP contribution < -0.4 is 10.1 Å². The number of thiazole rings is 1. The number of aromatic nitrogens is 1. The standard InChI is InChI=1S/C15H18N2O2S/c1-3-11-6-5-7-12(8-11)19-9-14-17-13(10-20-14)15(18)16-4-2/h5-8,10H,3-4,9H2,1-2H3,(H,16,18). The Morgan fingerprint density at radius 2 is 2.25 bits per heavy atom. The molecule has 0 fully saturated rings. The normalized spacial score (nSPS) is 10.3. The molecular formula is C15H18N2O2S. The van der Waals surface area contributed by atoms with Crippen LogP contribution in [-0.4, -0.2) is 17.4 Å². The molecular weight excluding hydrogens is 272 g/mol. The summed E-state index contributed by atoms with van der Waals surface area (Å²) in [5.74, 6) is 0.696. The van der Waals surface area contributed by atoms with Gasteiger partial charge in [-0.3, -0.25) is 4.79 Å². The van der Waals surface area contributed by atoms with Crippen LogP contribution in [0.3, 0.4) is 0 Å². The molecule has 0 atom stereocenters. The zero-order valence-corrected chi connectivity index (χ0v) is 12.5. The van der Waals surface area contributed by atoms with Crippen molar-refractivity contribution < 1.29 is 9.53 Å². The molecule has 2 rings (SSSR count). The molecule has 1 aromatic heterocycles. The molecule has 4 nitrogen and oxygen atoms in total. The average Bonchev–Trinajstić information content (AvgIpc) is 2.94. The van der Waals surface area contributed by atoms with E-state index >= 15 is 0 Å². The third-order valence-electron chi connectivity index (χ3n) is 2.79. The molecule has 0 radical (unpaired) electrons. The summed E-state index contributed by atoms with van der Waals surface area (Å²) >= 11 is 1.44. The smallest absolute Gasteiger partial charge is 0.270 e. The number of hydrogen-bond donors (Lipinski definition) is 1. The van der Waals surface area contributed by atoms with Crippen molar-refractivity contribution in [1.29, 1.82) is 0 Å². The predicted octanol–water partition coefficient (Wildman–Crippen LogP) is 3.03. The summed E-state index contributed by atoms with van der Waals surface area (Å²) in [5.41, 5.74) is 1.70. The number of aryl methyl sites for hydroxylation is 1. The molecule has 5 heteroatoms. The Balaban J connectivity index is 1.95. The van der Waals surface area contributed by atoms with E-state index in [9.17, 15) is 4.79 Å². The molecule has 1 aromatic carbocycles. The van der Waals surface area contributed by atoms with Crippen LogP contribution in [0, 0.1) is 0 Å². The first-order chi connectivity index (χ1) is 9.72. The lowest BCUT2D eigenvalue weighted by Crippen LogP contribution is -2.22. The maximum atomic E-state index is 11.6. The Kier molecular flexibility index (Phi) is 5.12. The number of nitrogens with zero attached hydrogens (tertiary/aromatic N) is 1. The van der Waals surface area contributed by atoms with Gasteiger partial charge in [-0.25, -0.2) is 4.98 Å². The quantitative estimate of drug-likeness (QED) is 0.889. The maximum absolute atomic E-state index is 11.6. The monoisotopic (exact) mass is 290 g/mol. The highest BCUT2D eigenvalue weighted by molar-refractivity contribution is 7.09. The summed E-state index contributed by atoms with van der Waals surface area (Å²) in [6.45, 7) is 4.98. The fraction of sp³-hybridized carbons (Fsp3) is 0.333. The van der Waals surface area contributed by atoms with Gasteiger partial charge in [-0.2, -0.15) is 0 Å². The number of benzene rings is 1. The van der Waals surface area contributed by atoms with Gasteiger partial charge in [-0.15, -0.1) is 11.3 Å². The zero-order valence-electron chi connectivity index (χ0n) is 11.7. The third kappa shape index (κ3) is 3.81. The van der Waals surface area contributed by atoms with E-state index in [0.717, 1.165) is 17.2 Å². The molecule has 1 heterocycles. The molecule has 0 saturated carbocycles. The summed E-state index contributed by atoms with van der Waals surface area (Å²) in [6, 6.07) is 8.01. The molecule has 0 saturated heterocycles. The van der Waals surface area contributed by atoms with Gasteiger partial charge < -0.3 is 10.1 Å². The summed E-state index contributed by atoms with van der Waals surface area (Å²) in [7, 11) is 0. The highest BCUT2D eigenvalue weighted by atomic mass is 32.1. The second kappa shape index (κ2) is 7.05. The number of rotatable bonds is 6. The van der Waals surface area contributed by atoms with Crippen LogP contribution in [0.5, 0.6) is 5.75 Å². The summed E-state index contributed by atoms with van der Waals surface area (Å²) < 4.78 is 5.70. The van der Waals surface area contributed by atoms with Crippen molar-refractivity contribution in [1.82, 2.24) is 10.3 Å². The van der Waals surface area contributed by atoms with Gasteiger partial charge in [0.15, 0.2) is 0 Å². The number of hydrogen-bond acceptors (Lipinski definition) is 4. The highest BCUT2D eigenvalue weighted by Gasteiger charge is 2.09. The average molecular weight is 290 g/mol. The largest absolute Gasteiger partial charge is 0.486 e. The van der Waals surface area contributed by atoms with Crippen molar-refractivity contribution in [3.63, 3.8) is 0 Å². The second-order valence-corrected chi connectivity index (χ2v) is 5.22. The highest BCUT2D eigenvalue weighted by Crippen LogP contribution is 2.17. The Morgan fingerprint density at radius 3 is 3.00 bits per heavy atom. The summed E-state index contributed by atoms with van der Waals surface area (Å²) in [6.07, 6.45) is 0.982. The molecule has 0 unspecified atom stereocenters. The van der Waals surface area contributed by atoms with E-state index in [2.05, 4.69) is 23.3 Å². The number of carbonyl (C=O) groups excluding carboxylic acids is 1. The van der Waals surface area contributed by atoms with Gasteiger partial charge in [0.2, 0.25) is 0 Å². The zero-order chi connectivity index (χ0) is 14.4.